The van der Waals surface area contributed by atoms with Gasteiger partial charge < -0.3 is 4.42 Å². The Kier molecular flexibility index (Phi) is 6.00. The zero-order valence-corrected chi connectivity index (χ0v) is 10.8. The van der Waals surface area contributed by atoms with Crippen LogP contribution in [0.3, 0.4) is 0 Å². The van der Waals surface area contributed by atoms with E-state index in [0.29, 0.717) is 5.76 Å². The number of aromatic nitrogens is 2. The zero-order chi connectivity index (χ0) is 12.5. The molecule has 2 rings (SSSR count). The number of unbranched alkanes of at least 4 members (excludes halogenated alkanes) is 2. The first kappa shape index (κ1) is 13.4. The van der Waals surface area contributed by atoms with Crippen LogP contribution >= 0.6 is 0 Å². The molecule has 92 valence electrons. The highest BCUT2D eigenvalue weighted by Gasteiger charge is 2.01. The summed E-state index contributed by atoms with van der Waals surface area (Å²) in [5.74, 6) is 0.707. The van der Waals surface area contributed by atoms with Crippen LogP contribution in [0.5, 0.6) is 0 Å². The second kappa shape index (κ2) is 7.60. The fourth-order valence-electron chi connectivity index (χ4n) is 1.38. The molecule has 0 aliphatic rings. The number of rotatable bonds is 3. The van der Waals surface area contributed by atoms with Crippen LogP contribution in [0.1, 0.15) is 38.8 Å². The molecule has 0 aliphatic carbocycles. The molecular weight excluding hydrogens is 212 g/mol. The van der Waals surface area contributed by atoms with Crippen LogP contribution in [0, 0.1) is 6.92 Å². The van der Waals surface area contributed by atoms with Gasteiger partial charge in [0.1, 0.15) is 5.69 Å². The quantitative estimate of drug-likeness (QED) is 0.794. The van der Waals surface area contributed by atoms with Crippen molar-refractivity contribution in [3.63, 3.8) is 0 Å². The van der Waals surface area contributed by atoms with E-state index in [2.05, 4.69) is 23.8 Å². The number of aryl methyl sites for hydroxylation is 1. The smallest absolute Gasteiger partial charge is 0.181 e. The van der Waals surface area contributed by atoms with Crippen molar-refractivity contribution in [2.45, 2.75) is 40.0 Å². The second-order valence-corrected chi connectivity index (χ2v) is 3.88. The van der Waals surface area contributed by atoms with E-state index in [1.54, 1.807) is 6.20 Å². The normalized spacial score (nSPS) is 9.59. The predicted molar refractivity (Wildman–Crippen MR) is 69.7 cm³/mol. The van der Waals surface area contributed by atoms with Crippen LogP contribution < -0.4 is 0 Å². The number of hydrogen-bond donors (Lipinski definition) is 0. The number of pyridine rings is 1. The summed E-state index contributed by atoms with van der Waals surface area (Å²) in [5.41, 5.74) is 1.80. The molecule has 2 aromatic heterocycles. The summed E-state index contributed by atoms with van der Waals surface area (Å²) in [4.78, 5) is 8.10. The van der Waals surface area contributed by atoms with Crippen LogP contribution in [-0.4, -0.2) is 9.97 Å². The molecule has 17 heavy (non-hydrogen) atoms. The number of oxazole rings is 1. The average Bonchev–Trinajstić information content (AvgIpc) is 2.84. The Morgan fingerprint density at radius 1 is 1.18 bits per heavy atom. The van der Waals surface area contributed by atoms with Crippen molar-refractivity contribution in [1.82, 2.24) is 9.97 Å². The third kappa shape index (κ3) is 4.81. The van der Waals surface area contributed by atoms with E-state index in [1.807, 2.05) is 25.1 Å². The van der Waals surface area contributed by atoms with Gasteiger partial charge in [-0.2, -0.15) is 0 Å². The summed E-state index contributed by atoms with van der Waals surface area (Å²) < 4.78 is 5.10. The summed E-state index contributed by atoms with van der Waals surface area (Å²) in [6.07, 6.45) is 7.13. The van der Waals surface area contributed by atoms with Gasteiger partial charge in [0.25, 0.3) is 0 Å². The van der Waals surface area contributed by atoms with Crippen LogP contribution in [0.25, 0.3) is 11.5 Å². The minimum absolute atomic E-state index is 0.707. The van der Waals surface area contributed by atoms with Gasteiger partial charge in [0, 0.05) is 5.69 Å². The molecule has 0 bridgehead atoms. The molecule has 0 amide bonds. The molecule has 0 saturated heterocycles. The summed E-state index contributed by atoms with van der Waals surface area (Å²) >= 11 is 0. The second-order valence-electron chi connectivity index (χ2n) is 3.88. The molecule has 0 spiro atoms. The van der Waals surface area contributed by atoms with E-state index < -0.39 is 0 Å². The van der Waals surface area contributed by atoms with Crippen molar-refractivity contribution in [1.29, 1.82) is 0 Å². The summed E-state index contributed by atoms with van der Waals surface area (Å²) in [7, 11) is 0. The fraction of sp³-hybridized carbons (Fsp3) is 0.429. The first-order chi connectivity index (χ1) is 8.27. The van der Waals surface area contributed by atoms with E-state index in [9.17, 15) is 0 Å². The molecule has 3 nitrogen and oxygen atoms in total. The average molecular weight is 232 g/mol. The van der Waals surface area contributed by atoms with E-state index in [-0.39, 0.29) is 0 Å². The van der Waals surface area contributed by atoms with E-state index >= 15 is 0 Å². The minimum Gasteiger partial charge on any atom is -0.442 e. The Bertz CT molecular complexity index is 408. The zero-order valence-electron chi connectivity index (χ0n) is 10.8. The molecule has 0 fully saturated rings. The Balaban J connectivity index is 0.000000249. The van der Waals surface area contributed by atoms with E-state index in [1.165, 1.54) is 25.7 Å². The molecule has 0 unspecified atom stereocenters. The molecule has 0 saturated carbocycles. The van der Waals surface area contributed by atoms with Gasteiger partial charge in [-0.15, -0.1) is 0 Å². The van der Waals surface area contributed by atoms with Crippen molar-refractivity contribution in [2.24, 2.45) is 0 Å². The van der Waals surface area contributed by atoms with Crippen LogP contribution in [-0.2, 0) is 0 Å². The van der Waals surface area contributed by atoms with Crippen LogP contribution in [0.15, 0.2) is 35.2 Å². The lowest BCUT2D eigenvalue weighted by Crippen LogP contribution is -1.83. The molecule has 0 aromatic carbocycles. The summed E-state index contributed by atoms with van der Waals surface area (Å²) in [5, 5.41) is 0. The highest BCUT2D eigenvalue weighted by atomic mass is 16.3. The van der Waals surface area contributed by atoms with E-state index in [0.717, 1.165) is 11.4 Å². The molecule has 3 heteroatoms. The number of nitrogens with zero attached hydrogens (tertiary/aromatic N) is 2. The van der Waals surface area contributed by atoms with Crippen molar-refractivity contribution in [3.05, 3.63) is 36.5 Å². The largest absolute Gasteiger partial charge is 0.442 e. The van der Waals surface area contributed by atoms with Crippen LogP contribution in [0.4, 0.5) is 0 Å². The van der Waals surface area contributed by atoms with Gasteiger partial charge in [-0.3, -0.25) is 0 Å². The van der Waals surface area contributed by atoms with Crippen molar-refractivity contribution < 1.29 is 4.42 Å². The van der Waals surface area contributed by atoms with Gasteiger partial charge in [0.05, 0.1) is 6.20 Å². The van der Waals surface area contributed by atoms with Crippen molar-refractivity contribution in [2.75, 3.05) is 0 Å². The first-order valence-corrected chi connectivity index (χ1v) is 6.10. The molecule has 0 N–H and O–H groups in total. The highest BCUT2D eigenvalue weighted by Crippen LogP contribution is 2.15. The van der Waals surface area contributed by atoms with Gasteiger partial charge in [0.2, 0.25) is 0 Å². The van der Waals surface area contributed by atoms with Crippen molar-refractivity contribution in [3.8, 4) is 11.5 Å². The highest BCUT2D eigenvalue weighted by molar-refractivity contribution is 5.50. The third-order valence-corrected chi connectivity index (χ3v) is 2.28. The Morgan fingerprint density at radius 2 is 1.94 bits per heavy atom. The van der Waals surface area contributed by atoms with E-state index in [4.69, 9.17) is 4.42 Å². The number of hydrogen-bond acceptors (Lipinski definition) is 3. The van der Waals surface area contributed by atoms with Gasteiger partial charge in [-0.1, -0.05) is 39.2 Å². The van der Waals surface area contributed by atoms with Gasteiger partial charge in [0.15, 0.2) is 12.2 Å². The fourth-order valence-corrected chi connectivity index (χ4v) is 1.38. The lowest BCUT2D eigenvalue weighted by molar-refractivity contribution is 0.569. The summed E-state index contributed by atoms with van der Waals surface area (Å²) in [6.45, 7) is 6.37. The minimum atomic E-state index is 0.707. The Morgan fingerprint density at radius 3 is 2.41 bits per heavy atom. The monoisotopic (exact) mass is 232 g/mol. The molecule has 0 radical (unpaired) electrons. The van der Waals surface area contributed by atoms with Gasteiger partial charge >= 0.3 is 0 Å². The molecular formula is C14H20N2O. The molecule has 2 heterocycles. The molecule has 0 atom stereocenters. The molecule has 0 aliphatic heterocycles. The predicted octanol–water partition coefficient (Wildman–Crippen LogP) is 4.24. The standard InChI is InChI=1S/C9H8N2O.C5H12/c1-7-3-2-4-8(11-7)9-5-10-6-12-9;1-3-5-4-2/h2-6H,1H3;3-5H2,1-2H3. The maximum Gasteiger partial charge on any atom is 0.181 e. The Hall–Kier alpha value is -1.64. The maximum atomic E-state index is 5.10. The lowest BCUT2D eigenvalue weighted by Gasteiger charge is -1.95. The molecule has 2 aromatic rings. The topological polar surface area (TPSA) is 38.9 Å². The SMILES string of the molecule is CCCCC.Cc1cccc(-c2cnco2)n1. The van der Waals surface area contributed by atoms with Gasteiger partial charge in [-0.25, -0.2) is 9.97 Å². The third-order valence-electron chi connectivity index (χ3n) is 2.28. The van der Waals surface area contributed by atoms with Crippen LogP contribution in [0.2, 0.25) is 0 Å². The Labute approximate surface area is 103 Å². The summed E-state index contributed by atoms with van der Waals surface area (Å²) in [6, 6.07) is 5.79. The van der Waals surface area contributed by atoms with Gasteiger partial charge in [-0.05, 0) is 19.1 Å². The lowest BCUT2D eigenvalue weighted by atomic mass is 10.3. The first-order valence-electron chi connectivity index (χ1n) is 6.10. The maximum absolute atomic E-state index is 5.10. The van der Waals surface area contributed by atoms with Crippen molar-refractivity contribution >= 4 is 0 Å².